The van der Waals surface area contributed by atoms with Crippen LogP contribution in [0.1, 0.15) is 11.3 Å². The lowest BCUT2D eigenvalue weighted by Gasteiger charge is -2.03. The molecule has 4 nitrogen and oxygen atoms in total. The van der Waals surface area contributed by atoms with Crippen LogP contribution < -0.4 is 5.73 Å². The molecule has 1 aromatic carbocycles. The average molecular weight is 270 g/mol. The summed E-state index contributed by atoms with van der Waals surface area (Å²) in [6, 6.07) is 6.20. The van der Waals surface area contributed by atoms with Gasteiger partial charge in [0.25, 0.3) is 0 Å². The van der Waals surface area contributed by atoms with Gasteiger partial charge in [-0.3, -0.25) is 0 Å². The minimum absolute atomic E-state index is 0.0498. The molecule has 0 amide bonds. The molecule has 1 aromatic heterocycles. The van der Waals surface area contributed by atoms with Crippen molar-refractivity contribution < 1.29 is 9.50 Å². The standard InChI is InChI=1S/C12H13ClFN3O/c13-10-2-1-3-11(14)9(10)6-8-7-12(15)17(16-8)4-5-18/h1-3,7,18H,4-6,15H2. The van der Waals surface area contributed by atoms with E-state index in [-0.39, 0.29) is 18.8 Å². The van der Waals surface area contributed by atoms with E-state index in [4.69, 9.17) is 22.4 Å². The van der Waals surface area contributed by atoms with Gasteiger partial charge in [-0.1, -0.05) is 17.7 Å². The van der Waals surface area contributed by atoms with Crippen LogP contribution in [0.4, 0.5) is 10.2 Å². The third kappa shape index (κ3) is 2.63. The summed E-state index contributed by atoms with van der Waals surface area (Å²) in [6.45, 7) is 0.266. The van der Waals surface area contributed by atoms with Gasteiger partial charge in [-0.15, -0.1) is 0 Å². The lowest BCUT2D eigenvalue weighted by Crippen LogP contribution is -2.07. The van der Waals surface area contributed by atoms with Gasteiger partial charge in [0.1, 0.15) is 11.6 Å². The molecule has 6 heteroatoms. The Hall–Kier alpha value is -1.59. The maximum atomic E-state index is 13.6. The molecule has 0 fully saturated rings. The van der Waals surface area contributed by atoms with Crippen LogP contribution in [0, 0.1) is 5.82 Å². The van der Waals surface area contributed by atoms with Crippen molar-refractivity contribution in [3.63, 3.8) is 0 Å². The predicted octanol–water partition coefficient (Wildman–Crippen LogP) is 1.84. The predicted molar refractivity (Wildman–Crippen MR) is 67.9 cm³/mol. The van der Waals surface area contributed by atoms with Crippen LogP contribution in [-0.4, -0.2) is 21.5 Å². The second-order valence-electron chi connectivity index (χ2n) is 3.88. The largest absolute Gasteiger partial charge is 0.394 e. The van der Waals surface area contributed by atoms with Gasteiger partial charge in [0, 0.05) is 23.1 Å². The van der Waals surface area contributed by atoms with Gasteiger partial charge in [0.15, 0.2) is 0 Å². The lowest BCUT2D eigenvalue weighted by atomic mass is 10.1. The van der Waals surface area contributed by atoms with E-state index in [1.807, 2.05) is 0 Å². The number of aliphatic hydroxyl groups excluding tert-OH is 1. The minimum Gasteiger partial charge on any atom is -0.394 e. The molecule has 0 radical (unpaired) electrons. The molecule has 0 aliphatic carbocycles. The summed E-state index contributed by atoms with van der Waals surface area (Å²) in [5.74, 6) is 0.0734. The van der Waals surface area contributed by atoms with Crippen molar-refractivity contribution in [3.8, 4) is 0 Å². The SMILES string of the molecule is Nc1cc(Cc2c(F)cccc2Cl)nn1CCO. The van der Waals surface area contributed by atoms with Crippen LogP contribution in [0.2, 0.25) is 5.02 Å². The number of halogens is 2. The molecule has 0 bridgehead atoms. The molecule has 96 valence electrons. The summed E-state index contributed by atoms with van der Waals surface area (Å²) < 4.78 is 15.1. The zero-order valence-electron chi connectivity index (χ0n) is 9.61. The Morgan fingerprint density at radius 2 is 2.22 bits per heavy atom. The quantitative estimate of drug-likeness (QED) is 0.890. The van der Waals surface area contributed by atoms with Crippen LogP contribution in [0.3, 0.4) is 0 Å². The molecule has 3 N–H and O–H groups in total. The first kappa shape index (κ1) is 12.9. The molecular formula is C12H13ClFN3O. The summed E-state index contributed by atoms with van der Waals surface area (Å²) in [5, 5.41) is 13.4. The molecule has 2 aromatic rings. The van der Waals surface area contributed by atoms with Crippen molar-refractivity contribution in [2.45, 2.75) is 13.0 Å². The van der Waals surface area contributed by atoms with Gasteiger partial charge >= 0.3 is 0 Å². The summed E-state index contributed by atoms with van der Waals surface area (Å²) in [5.41, 5.74) is 6.73. The van der Waals surface area contributed by atoms with Crippen LogP contribution >= 0.6 is 11.6 Å². The summed E-state index contributed by atoms with van der Waals surface area (Å²) in [6.07, 6.45) is 0.272. The van der Waals surface area contributed by atoms with E-state index < -0.39 is 0 Å². The van der Waals surface area contributed by atoms with Gasteiger partial charge in [-0.25, -0.2) is 9.07 Å². The number of nitrogens with two attached hydrogens (primary N) is 1. The van der Waals surface area contributed by atoms with E-state index in [0.717, 1.165) is 0 Å². The normalized spacial score (nSPS) is 10.8. The van der Waals surface area contributed by atoms with Crippen LogP contribution in [-0.2, 0) is 13.0 Å². The number of hydrogen-bond acceptors (Lipinski definition) is 3. The van der Waals surface area contributed by atoms with Crippen molar-refractivity contribution in [1.82, 2.24) is 9.78 Å². The van der Waals surface area contributed by atoms with E-state index >= 15 is 0 Å². The number of nitrogens with zero attached hydrogens (tertiary/aromatic N) is 2. The Balaban J connectivity index is 2.26. The molecule has 18 heavy (non-hydrogen) atoms. The Bertz CT molecular complexity index is 536. The molecule has 0 atom stereocenters. The molecule has 0 unspecified atom stereocenters. The fraction of sp³-hybridized carbons (Fsp3) is 0.250. The second-order valence-corrected chi connectivity index (χ2v) is 4.29. The second kappa shape index (κ2) is 5.37. The summed E-state index contributed by atoms with van der Waals surface area (Å²) >= 11 is 5.94. The highest BCUT2D eigenvalue weighted by molar-refractivity contribution is 6.31. The number of anilines is 1. The number of nitrogen functional groups attached to an aromatic ring is 1. The molecular weight excluding hydrogens is 257 g/mol. The van der Waals surface area contributed by atoms with Crippen molar-refractivity contribution in [2.24, 2.45) is 0 Å². The zero-order valence-corrected chi connectivity index (χ0v) is 10.4. The van der Waals surface area contributed by atoms with Crippen LogP contribution in [0.5, 0.6) is 0 Å². The average Bonchev–Trinajstić information content (AvgIpc) is 2.66. The zero-order chi connectivity index (χ0) is 13.1. The fourth-order valence-corrected chi connectivity index (χ4v) is 1.96. The van der Waals surface area contributed by atoms with Crippen molar-refractivity contribution in [2.75, 3.05) is 12.3 Å². The molecule has 0 spiro atoms. The third-order valence-electron chi connectivity index (χ3n) is 2.59. The molecule has 2 rings (SSSR count). The van der Waals surface area contributed by atoms with Crippen molar-refractivity contribution >= 4 is 17.4 Å². The Morgan fingerprint density at radius 3 is 2.89 bits per heavy atom. The highest BCUT2D eigenvalue weighted by Crippen LogP contribution is 2.22. The Labute approximate surface area is 109 Å². The number of aliphatic hydroxyl groups is 1. The van der Waals surface area contributed by atoms with Gasteiger partial charge in [-0.05, 0) is 12.1 Å². The fourth-order valence-electron chi connectivity index (χ4n) is 1.73. The van der Waals surface area contributed by atoms with Gasteiger partial charge in [0.05, 0.1) is 18.8 Å². The first-order valence-electron chi connectivity index (χ1n) is 5.47. The summed E-state index contributed by atoms with van der Waals surface area (Å²) in [7, 11) is 0. The molecule has 0 aliphatic rings. The highest BCUT2D eigenvalue weighted by atomic mass is 35.5. The highest BCUT2D eigenvalue weighted by Gasteiger charge is 2.11. The van der Waals surface area contributed by atoms with E-state index in [2.05, 4.69) is 5.10 Å². The smallest absolute Gasteiger partial charge is 0.128 e. The van der Waals surface area contributed by atoms with Crippen LogP contribution in [0.15, 0.2) is 24.3 Å². The number of benzene rings is 1. The van der Waals surface area contributed by atoms with Crippen molar-refractivity contribution in [1.29, 1.82) is 0 Å². The van der Waals surface area contributed by atoms with E-state index in [9.17, 15) is 4.39 Å². The van der Waals surface area contributed by atoms with E-state index in [0.29, 0.717) is 28.6 Å². The maximum absolute atomic E-state index is 13.6. The van der Waals surface area contributed by atoms with E-state index in [1.165, 1.54) is 10.7 Å². The summed E-state index contributed by atoms with van der Waals surface area (Å²) in [4.78, 5) is 0. The molecule has 0 saturated heterocycles. The first-order chi connectivity index (χ1) is 8.61. The third-order valence-corrected chi connectivity index (χ3v) is 2.95. The lowest BCUT2D eigenvalue weighted by molar-refractivity contribution is 0.270. The number of rotatable bonds is 4. The van der Waals surface area contributed by atoms with Gasteiger partial charge in [0.2, 0.25) is 0 Å². The van der Waals surface area contributed by atoms with Gasteiger partial charge < -0.3 is 10.8 Å². The monoisotopic (exact) mass is 269 g/mol. The minimum atomic E-state index is -0.363. The van der Waals surface area contributed by atoms with Gasteiger partial charge in [-0.2, -0.15) is 5.10 Å². The number of hydrogen-bond donors (Lipinski definition) is 2. The maximum Gasteiger partial charge on any atom is 0.128 e. The topological polar surface area (TPSA) is 64.1 Å². The van der Waals surface area contributed by atoms with E-state index in [1.54, 1.807) is 18.2 Å². The molecule has 0 saturated carbocycles. The molecule has 0 aliphatic heterocycles. The molecule has 1 heterocycles. The van der Waals surface area contributed by atoms with Crippen LogP contribution in [0.25, 0.3) is 0 Å². The number of aromatic nitrogens is 2. The first-order valence-corrected chi connectivity index (χ1v) is 5.85. The Morgan fingerprint density at radius 1 is 1.44 bits per heavy atom. The van der Waals surface area contributed by atoms with Crippen molar-refractivity contribution in [3.05, 3.63) is 46.4 Å². The Kier molecular flexibility index (Phi) is 3.84.